The Labute approximate surface area is 85.4 Å². The Morgan fingerprint density at radius 2 is 1.79 bits per heavy atom. The van der Waals surface area contributed by atoms with E-state index in [1.807, 2.05) is 6.92 Å². The molecule has 82 valence electrons. The molecular weight excluding hydrogens is 202 g/mol. The Bertz CT molecular complexity index is 193. The quantitative estimate of drug-likeness (QED) is 0.364. The van der Waals surface area contributed by atoms with E-state index in [1.54, 1.807) is 21.3 Å². The monoisotopic (exact) mass is 219 g/mol. The van der Waals surface area contributed by atoms with Gasteiger partial charge in [-0.2, -0.15) is 0 Å². The summed E-state index contributed by atoms with van der Waals surface area (Å²) in [6, 6.07) is 0. The number of carbonyl (C=O) groups excluding carboxylic acids is 1. The molecule has 0 aliphatic heterocycles. The minimum absolute atomic E-state index is 0.111. The number of hydrogen-bond donors (Lipinski definition) is 0. The number of nitrogens with zero attached hydrogens (tertiary/aromatic N) is 1. The summed E-state index contributed by atoms with van der Waals surface area (Å²) in [4.78, 5) is 13.3. The van der Waals surface area contributed by atoms with E-state index in [9.17, 15) is 4.79 Å². The van der Waals surface area contributed by atoms with E-state index in [0.717, 1.165) is 0 Å². The van der Waals surface area contributed by atoms with Crippen LogP contribution in [0.15, 0.2) is 4.99 Å². The molecule has 0 heterocycles. The topological polar surface area (TPSA) is 57.1 Å². The fourth-order valence-corrected chi connectivity index (χ4v) is 3.52. The second-order valence-corrected chi connectivity index (χ2v) is 6.30. The van der Waals surface area contributed by atoms with Crippen molar-refractivity contribution < 1.29 is 18.1 Å². The van der Waals surface area contributed by atoms with Gasteiger partial charge in [0.1, 0.15) is 0 Å². The third-order valence-corrected chi connectivity index (χ3v) is 5.40. The van der Waals surface area contributed by atoms with Crippen LogP contribution in [0, 0.1) is 0 Å². The van der Waals surface area contributed by atoms with Crippen LogP contribution < -0.4 is 0 Å². The van der Waals surface area contributed by atoms with Gasteiger partial charge in [-0.1, -0.05) is 6.92 Å². The van der Waals surface area contributed by atoms with Gasteiger partial charge in [0.25, 0.3) is 0 Å². The molecule has 0 aromatic heterocycles. The lowest BCUT2D eigenvalue weighted by molar-refractivity contribution is 0.112. The third-order valence-electron chi connectivity index (χ3n) is 2.20. The minimum atomic E-state index is -2.56. The average Bonchev–Trinajstić information content (AvgIpc) is 2.22. The van der Waals surface area contributed by atoms with Gasteiger partial charge in [0.2, 0.25) is 6.08 Å². The van der Waals surface area contributed by atoms with Crippen LogP contribution in [-0.2, 0) is 18.1 Å². The molecule has 0 saturated carbocycles. The maximum Gasteiger partial charge on any atom is 0.503 e. The highest BCUT2D eigenvalue weighted by atomic mass is 28.4. The molecule has 1 atom stereocenters. The third kappa shape index (κ3) is 3.32. The zero-order valence-corrected chi connectivity index (χ0v) is 10.1. The van der Waals surface area contributed by atoms with Crippen LogP contribution >= 0.6 is 0 Å². The Balaban J connectivity index is 4.27. The van der Waals surface area contributed by atoms with Gasteiger partial charge in [0.15, 0.2) is 0 Å². The van der Waals surface area contributed by atoms with Crippen molar-refractivity contribution in [1.29, 1.82) is 0 Å². The fraction of sp³-hybridized carbons (Fsp3) is 0.875. The van der Waals surface area contributed by atoms with Crippen LogP contribution in [0.4, 0.5) is 0 Å². The molecule has 0 rings (SSSR count). The number of hydrogen-bond acceptors (Lipinski definition) is 5. The van der Waals surface area contributed by atoms with E-state index in [1.165, 1.54) is 6.08 Å². The van der Waals surface area contributed by atoms with E-state index in [4.69, 9.17) is 13.3 Å². The Hall–Kier alpha value is -0.523. The summed E-state index contributed by atoms with van der Waals surface area (Å²) in [6.07, 6.45) is 2.19. The lowest BCUT2D eigenvalue weighted by Crippen LogP contribution is -2.46. The lowest BCUT2D eigenvalue weighted by Gasteiger charge is -2.29. The number of rotatable bonds is 7. The van der Waals surface area contributed by atoms with E-state index in [2.05, 4.69) is 4.99 Å². The van der Waals surface area contributed by atoms with E-state index >= 15 is 0 Å². The zero-order valence-electron chi connectivity index (χ0n) is 9.07. The maximum atomic E-state index is 9.87. The molecule has 0 aromatic rings. The van der Waals surface area contributed by atoms with Gasteiger partial charge in [-0.05, 0) is 6.42 Å². The molecule has 0 bridgehead atoms. The zero-order chi connectivity index (χ0) is 11.0. The van der Waals surface area contributed by atoms with Crippen molar-refractivity contribution in [2.45, 2.75) is 18.9 Å². The Morgan fingerprint density at radius 1 is 1.29 bits per heavy atom. The molecular formula is C8H17NO4Si. The summed E-state index contributed by atoms with van der Waals surface area (Å²) in [5.74, 6) is 0. The first kappa shape index (κ1) is 13.5. The van der Waals surface area contributed by atoms with Gasteiger partial charge in [-0.15, -0.1) is 0 Å². The van der Waals surface area contributed by atoms with E-state index in [-0.39, 0.29) is 5.54 Å². The van der Waals surface area contributed by atoms with E-state index in [0.29, 0.717) is 13.0 Å². The number of isocyanates is 1. The Morgan fingerprint density at radius 3 is 2.14 bits per heavy atom. The molecule has 0 aliphatic rings. The van der Waals surface area contributed by atoms with Crippen LogP contribution in [0.25, 0.3) is 0 Å². The average molecular weight is 219 g/mol. The summed E-state index contributed by atoms with van der Waals surface area (Å²) < 4.78 is 15.8. The standard InChI is InChI=1S/C8H17NO4Si/c1-8(5-6-9-7-10)14(11-2,12-3)13-4/h8H,5-6H2,1-4H3. The molecule has 0 aliphatic carbocycles. The molecule has 1 unspecified atom stereocenters. The second kappa shape index (κ2) is 6.86. The molecule has 0 radical (unpaired) electrons. The van der Waals surface area contributed by atoms with Gasteiger partial charge >= 0.3 is 8.80 Å². The summed E-state index contributed by atoms with van der Waals surface area (Å²) >= 11 is 0. The van der Waals surface area contributed by atoms with E-state index < -0.39 is 8.80 Å². The predicted octanol–water partition coefficient (Wildman–Crippen LogP) is 0.980. The van der Waals surface area contributed by atoms with Crippen molar-refractivity contribution in [1.82, 2.24) is 0 Å². The summed E-state index contributed by atoms with van der Waals surface area (Å²) in [5, 5.41) is 0. The molecule has 6 heteroatoms. The molecule has 0 fully saturated rings. The molecule has 0 aromatic carbocycles. The van der Waals surface area contributed by atoms with Crippen LogP contribution in [0.2, 0.25) is 5.54 Å². The van der Waals surface area contributed by atoms with Gasteiger partial charge in [0.05, 0.1) is 6.54 Å². The molecule has 0 N–H and O–H groups in total. The maximum absolute atomic E-state index is 9.87. The van der Waals surface area contributed by atoms with Crippen LogP contribution in [0.3, 0.4) is 0 Å². The summed E-state index contributed by atoms with van der Waals surface area (Å²) in [5.41, 5.74) is 0.111. The fourth-order valence-electron chi connectivity index (χ4n) is 1.33. The Kier molecular flexibility index (Phi) is 6.60. The molecule has 0 saturated heterocycles. The van der Waals surface area contributed by atoms with Crippen LogP contribution in [-0.4, -0.2) is 42.8 Å². The molecule has 0 spiro atoms. The SMILES string of the molecule is CO[Si](OC)(OC)C(C)CCN=C=O. The molecule has 14 heavy (non-hydrogen) atoms. The first-order valence-corrected chi connectivity index (χ1v) is 6.16. The van der Waals surface area contributed by atoms with Crippen molar-refractivity contribution >= 4 is 14.9 Å². The molecule has 0 amide bonds. The molecule has 5 nitrogen and oxygen atoms in total. The predicted molar refractivity (Wildman–Crippen MR) is 53.8 cm³/mol. The highest BCUT2D eigenvalue weighted by Gasteiger charge is 2.44. The highest BCUT2D eigenvalue weighted by molar-refractivity contribution is 6.62. The largest absolute Gasteiger partial charge is 0.503 e. The van der Waals surface area contributed by atoms with Crippen molar-refractivity contribution in [2.24, 2.45) is 4.99 Å². The first-order chi connectivity index (χ1) is 6.66. The lowest BCUT2D eigenvalue weighted by atomic mass is 10.3. The van der Waals surface area contributed by atoms with Gasteiger partial charge < -0.3 is 13.3 Å². The van der Waals surface area contributed by atoms with Crippen molar-refractivity contribution in [3.63, 3.8) is 0 Å². The summed E-state index contributed by atoms with van der Waals surface area (Å²) in [6.45, 7) is 2.39. The smallest absolute Gasteiger partial charge is 0.377 e. The van der Waals surface area contributed by atoms with Crippen molar-refractivity contribution in [3.8, 4) is 0 Å². The van der Waals surface area contributed by atoms with Gasteiger partial charge in [-0.25, -0.2) is 9.79 Å². The number of aliphatic imine (C=N–C) groups is 1. The normalized spacial score (nSPS) is 13.4. The van der Waals surface area contributed by atoms with Gasteiger partial charge in [0, 0.05) is 26.9 Å². The second-order valence-electron chi connectivity index (χ2n) is 2.88. The van der Waals surface area contributed by atoms with Crippen molar-refractivity contribution in [3.05, 3.63) is 0 Å². The van der Waals surface area contributed by atoms with Crippen molar-refractivity contribution in [2.75, 3.05) is 27.9 Å². The minimum Gasteiger partial charge on any atom is -0.377 e. The van der Waals surface area contributed by atoms with Gasteiger partial charge in [-0.3, -0.25) is 0 Å². The highest BCUT2D eigenvalue weighted by Crippen LogP contribution is 2.26. The summed E-state index contributed by atoms with van der Waals surface area (Å²) in [7, 11) is 2.14. The first-order valence-electron chi connectivity index (χ1n) is 4.36. The van der Waals surface area contributed by atoms with Crippen LogP contribution in [0.5, 0.6) is 0 Å². The van der Waals surface area contributed by atoms with Crippen LogP contribution in [0.1, 0.15) is 13.3 Å².